The van der Waals surface area contributed by atoms with Crippen LogP contribution in [0.5, 0.6) is 0 Å². The van der Waals surface area contributed by atoms with Crippen LogP contribution in [0.3, 0.4) is 0 Å². The number of hydrogen-bond acceptors (Lipinski definition) is 5. The van der Waals surface area contributed by atoms with Crippen molar-refractivity contribution >= 4 is 50.7 Å². The molecule has 1 aromatic heterocycles. The fourth-order valence-corrected chi connectivity index (χ4v) is 3.54. The van der Waals surface area contributed by atoms with E-state index in [4.69, 9.17) is 10.5 Å². The maximum Gasteiger partial charge on any atom is 0.246 e. The molecule has 1 aromatic carbocycles. The van der Waals surface area contributed by atoms with Gasteiger partial charge in [0.2, 0.25) is 5.91 Å². The third-order valence-electron chi connectivity index (χ3n) is 3.90. The average Bonchev–Trinajstić information content (AvgIpc) is 2.97. The second kappa shape index (κ2) is 8.40. The van der Waals surface area contributed by atoms with E-state index in [0.717, 1.165) is 15.8 Å². The molecule has 2 aromatic rings. The lowest BCUT2D eigenvalue weighted by atomic mass is 9.90. The predicted octanol–water partition coefficient (Wildman–Crippen LogP) is 3.36. The van der Waals surface area contributed by atoms with E-state index in [0.29, 0.717) is 31.2 Å². The summed E-state index contributed by atoms with van der Waals surface area (Å²) in [6.45, 7) is 1.05. The van der Waals surface area contributed by atoms with E-state index >= 15 is 0 Å². The maximum atomic E-state index is 12.4. The minimum atomic E-state index is -0.851. The van der Waals surface area contributed by atoms with Gasteiger partial charge >= 0.3 is 0 Å². The van der Waals surface area contributed by atoms with Crippen molar-refractivity contribution in [3.8, 4) is 0 Å². The van der Waals surface area contributed by atoms with E-state index in [2.05, 4.69) is 38.4 Å². The highest BCUT2D eigenvalue weighted by molar-refractivity contribution is 9.10. The SMILES string of the molecule is Cl.NC1(C(=O)Nc2ncc(Cc3ccc(Br)cc3)s2)CCOCC1. The summed E-state index contributed by atoms with van der Waals surface area (Å²) in [6, 6.07) is 8.17. The summed E-state index contributed by atoms with van der Waals surface area (Å²) >= 11 is 4.91. The number of thiazole rings is 1. The Labute approximate surface area is 159 Å². The van der Waals surface area contributed by atoms with Gasteiger partial charge in [0, 0.05) is 35.2 Å². The van der Waals surface area contributed by atoms with E-state index < -0.39 is 5.54 Å². The lowest BCUT2D eigenvalue weighted by Crippen LogP contribution is -2.54. The van der Waals surface area contributed by atoms with Gasteiger partial charge in [-0.1, -0.05) is 28.1 Å². The fourth-order valence-electron chi connectivity index (χ4n) is 2.43. The molecule has 0 spiro atoms. The van der Waals surface area contributed by atoms with E-state index in [1.54, 1.807) is 6.20 Å². The van der Waals surface area contributed by atoms with Crippen molar-refractivity contribution < 1.29 is 9.53 Å². The molecule has 1 amide bonds. The van der Waals surface area contributed by atoms with Gasteiger partial charge < -0.3 is 15.8 Å². The lowest BCUT2D eigenvalue weighted by Gasteiger charge is -2.31. The Morgan fingerprint density at radius 3 is 2.67 bits per heavy atom. The van der Waals surface area contributed by atoms with Crippen molar-refractivity contribution in [2.75, 3.05) is 18.5 Å². The Morgan fingerprint density at radius 1 is 1.33 bits per heavy atom. The molecular weight excluding hydrogens is 414 g/mol. The number of halogens is 2. The number of rotatable bonds is 4. The quantitative estimate of drug-likeness (QED) is 0.776. The highest BCUT2D eigenvalue weighted by Crippen LogP contribution is 2.25. The lowest BCUT2D eigenvalue weighted by molar-refractivity contribution is -0.124. The predicted molar refractivity (Wildman–Crippen MR) is 102 cm³/mol. The van der Waals surface area contributed by atoms with Crippen LogP contribution in [-0.4, -0.2) is 29.6 Å². The summed E-state index contributed by atoms with van der Waals surface area (Å²) in [5, 5.41) is 3.44. The summed E-state index contributed by atoms with van der Waals surface area (Å²) in [4.78, 5) is 17.7. The zero-order valence-electron chi connectivity index (χ0n) is 13.0. The van der Waals surface area contributed by atoms with Gasteiger partial charge in [-0.15, -0.1) is 23.7 Å². The van der Waals surface area contributed by atoms with E-state index in [9.17, 15) is 4.79 Å². The summed E-state index contributed by atoms with van der Waals surface area (Å²) in [6.07, 6.45) is 3.67. The second-order valence-corrected chi connectivity index (χ2v) is 7.69. The molecule has 0 unspecified atom stereocenters. The summed E-state index contributed by atoms with van der Waals surface area (Å²) in [5.74, 6) is -0.176. The first-order chi connectivity index (χ1) is 11.0. The summed E-state index contributed by atoms with van der Waals surface area (Å²) in [5.41, 5.74) is 6.53. The zero-order chi connectivity index (χ0) is 16.3. The van der Waals surface area contributed by atoms with Gasteiger partial charge in [0.05, 0.1) is 0 Å². The molecule has 2 heterocycles. The summed E-state index contributed by atoms with van der Waals surface area (Å²) in [7, 11) is 0. The molecule has 0 saturated carbocycles. The number of nitrogens with zero attached hydrogens (tertiary/aromatic N) is 1. The second-order valence-electron chi connectivity index (χ2n) is 5.66. The standard InChI is InChI=1S/C16H18BrN3O2S.ClH/c17-12-3-1-11(2-4-12)9-13-10-19-15(23-13)20-14(21)16(18)5-7-22-8-6-16;/h1-4,10H,5-9,18H2,(H,19,20,21);1H. The van der Waals surface area contributed by atoms with Gasteiger partial charge in [-0.3, -0.25) is 4.79 Å². The van der Waals surface area contributed by atoms with Crippen LogP contribution in [0.4, 0.5) is 5.13 Å². The molecule has 1 saturated heterocycles. The topological polar surface area (TPSA) is 77.2 Å². The molecule has 130 valence electrons. The van der Waals surface area contributed by atoms with Crippen LogP contribution >= 0.6 is 39.7 Å². The minimum absolute atomic E-state index is 0. The Balaban J connectivity index is 0.00000208. The van der Waals surface area contributed by atoms with Crippen molar-refractivity contribution in [3.63, 3.8) is 0 Å². The molecule has 0 radical (unpaired) electrons. The Morgan fingerprint density at radius 2 is 2.00 bits per heavy atom. The van der Waals surface area contributed by atoms with Gasteiger partial charge in [0.15, 0.2) is 5.13 Å². The van der Waals surface area contributed by atoms with Crippen molar-refractivity contribution in [1.82, 2.24) is 4.98 Å². The maximum absolute atomic E-state index is 12.4. The van der Waals surface area contributed by atoms with Crippen molar-refractivity contribution in [2.45, 2.75) is 24.8 Å². The van der Waals surface area contributed by atoms with Crippen molar-refractivity contribution in [2.24, 2.45) is 5.73 Å². The molecule has 3 N–H and O–H groups in total. The molecular formula is C16H19BrClN3O2S. The largest absolute Gasteiger partial charge is 0.381 e. The zero-order valence-corrected chi connectivity index (χ0v) is 16.2. The number of benzene rings is 1. The number of hydrogen-bond donors (Lipinski definition) is 2. The third-order valence-corrected chi connectivity index (χ3v) is 5.34. The number of anilines is 1. The highest BCUT2D eigenvalue weighted by atomic mass is 79.9. The van der Waals surface area contributed by atoms with Crippen LogP contribution in [0.25, 0.3) is 0 Å². The van der Waals surface area contributed by atoms with Crippen LogP contribution < -0.4 is 11.1 Å². The Kier molecular flexibility index (Phi) is 6.77. The first-order valence-electron chi connectivity index (χ1n) is 7.42. The molecule has 3 rings (SSSR count). The third kappa shape index (κ3) is 4.77. The van der Waals surface area contributed by atoms with E-state index in [-0.39, 0.29) is 18.3 Å². The smallest absolute Gasteiger partial charge is 0.246 e. The van der Waals surface area contributed by atoms with Crippen LogP contribution in [0.1, 0.15) is 23.3 Å². The highest BCUT2D eigenvalue weighted by Gasteiger charge is 2.36. The fraction of sp³-hybridized carbons (Fsp3) is 0.375. The van der Waals surface area contributed by atoms with Gasteiger partial charge in [-0.05, 0) is 30.5 Å². The normalized spacial score (nSPS) is 16.2. The number of amides is 1. The van der Waals surface area contributed by atoms with Gasteiger partial charge in [-0.2, -0.15) is 0 Å². The summed E-state index contributed by atoms with van der Waals surface area (Å²) < 4.78 is 6.33. The molecule has 0 atom stereocenters. The number of carbonyl (C=O) groups excluding carboxylic acids is 1. The molecule has 24 heavy (non-hydrogen) atoms. The van der Waals surface area contributed by atoms with Crippen molar-refractivity contribution in [3.05, 3.63) is 45.4 Å². The van der Waals surface area contributed by atoms with Crippen LogP contribution in [0, 0.1) is 0 Å². The Hall–Kier alpha value is -0.990. The monoisotopic (exact) mass is 431 g/mol. The van der Waals surface area contributed by atoms with Crippen LogP contribution in [-0.2, 0) is 16.0 Å². The molecule has 0 bridgehead atoms. The first kappa shape index (κ1) is 19.3. The van der Waals surface area contributed by atoms with Gasteiger partial charge in [0.1, 0.15) is 5.54 Å². The molecule has 1 aliphatic heterocycles. The number of ether oxygens (including phenoxy) is 1. The van der Waals surface area contributed by atoms with E-state index in [1.807, 2.05) is 12.1 Å². The van der Waals surface area contributed by atoms with Gasteiger partial charge in [-0.25, -0.2) is 4.98 Å². The molecule has 5 nitrogen and oxygen atoms in total. The molecule has 1 fully saturated rings. The number of nitrogens with one attached hydrogen (secondary N) is 1. The van der Waals surface area contributed by atoms with Crippen LogP contribution in [0.2, 0.25) is 0 Å². The molecule has 0 aliphatic carbocycles. The number of aromatic nitrogens is 1. The molecule has 8 heteroatoms. The number of nitrogens with two attached hydrogens (primary N) is 1. The average molecular weight is 433 g/mol. The molecule has 1 aliphatic rings. The van der Waals surface area contributed by atoms with E-state index in [1.165, 1.54) is 16.9 Å². The Bertz CT molecular complexity index is 687. The van der Waals surface area contributed by atoms with Crippen LogP contribution in [0.15, 0.2) is 34.9 Å². The number of carbonyl (C=O) groups is 1. The van der Waals surface area contributed by atoms with Crippen molar-refractivity contribution in [1.29, 1.82) is 0 Å². The minimum Gasteiger partial charge on any atom is -0.381 e. The first-order valence-corrected chi connectivity index (χ1v) is 9.03. The van der Waals surface area contributed by atoms with Gasteiger partial charge in [0.25, 0.3) is 0 Å².